The summed E-state index contributed by atoms with van der Waals surface area (Å²) in [6.45, 7) is 0.611. The van der Waals surface area contributed by atoms with Crippen LogP contribution in [0.3, 0.4) is 0 Å². The Balaban J connectivity index is 0. The fourth-order valence-corrected chi connectivity index (χ4v) is 0.940. The summed E-state index contributed by atoms with van der Waals surface area (Å²) in [6, 6.07) is 0. The molecule has 0 unspecified atom stereocenters. The van der Waals surface area contributed by atoms with Crippen LogP contribution in [0.1, 0.15) is 6.42 Å². The van der Waals surface area contributed by atoms with Crippen molar-refractivity contribution in [3.8, 4) is 0 Å². The quantitative estimate of drug-likeness (QED) is 0.404. The largest absolute Gasteiger partial charge is 0.412 e. The summed E-state index contributed by atoms with van der Waals surface area (Å²) in [5.41, 5.74) is 0. The van der Waals surface area contributed by atoms with Crippen molar-refractivity contribution in [2.24, 2.45) is 0 Å². The third-order valence-electron chi connectivity index (χ3n) is 0.829. The van der Waals surface area contributed by atoms with Crippen molar-refractivity contribution >= 4 is 10.1 Å². The van der Waals surface area contributed by atoms with Gasteiger partial charge in [-0.05, 0) is 20.0 Å². The van der Waals surface area contributed by atoms with Crippen molar-refractivity contribution in [3.05, 3.63) is 0 Å². The van der Waals surface area contributed by atoms with E-state index in [0.29, 0.717) is 13.0 Å². The van der Waals surface area contributed by atoms with Crippen LogP contribution in [0.5, 0.6) is 0 Å². The van der Waals surface area contributed by atoms with E-state index in [1.54, 1.807) is 7.05 Å². The van der Waals surface area contributed by atoms with Crippen LogP contribution < -0.4 is 5.32 Å². The monoisotopic (exact) mass is 171 g/mol. The van der Waals surface area contributed by atoms with E-state index in [2.05, 4.69) is 5.32 Å². The predicted octanol–water partition coefficient (Wildman–Crippen LogP) is -1.34. The number of hydrogen-bond donors (Lipinski definition) is 2. The molecule has 0 aliphatic carbocycles. The molecule has 0 radical (unpaired) electrons. The van der Waals surface area contributed by atoms with Gasteiger partial charge in [-0.15, -0.1) is 0 Å². The molecular weight excluding hydrogens is 158 g/mol. The summed E-state index contributed by atoms with van der Waals surface area (Å²) in [4.78, 5) is 0. The van der Waals surface area contributed by atoms with E-state index in [4.69, 9.17) is 4.55 Å². The van der Waals surface area contributed by atoms with Crippen LogP contribution in [-0.4, -0.2) is 37.8 Å². The van der Waals surface area contributed by atoms with Gasteiger partial charge in [-0.3, -0.25) is 4.55 Å². The zero-order valence-corrected chi connectivity index (χ0v) is 6.61. The molecule has 6 heteroatoms. The van der Waals surface area contributed by atoms with Gasteiger partial charge in [0.25, 0.3) is 10.1 Å². The molecule has 0 amide bonds. The predicted molar refractivity (Wildman–Crippen MR) is 38.6 cm³/mol. The molecule has 0 heterocycles. The minimum atomic E-state index is -3.74. The van der Waals surface area contributed by atoms with Gasteiger partial charge < -0.3 is 10.8 Å². The summed E-state index contributed by atoms with van der Waals surface area (Å²) < 4.78 is 28.3. The zero-order chi connectivity index (χ0) is 7.33. The van der Waals surface area contributed by atoms with Gasteiger partial charge in [0.05, 0.1) is 5.75 Å². The summed E-state index contributed by atoms with van der Waals surface area (Å²) >= 11 is 0. The molecule has 0 saturated carbocycles. The molecule has 4 N–H and O–H groups in total. The Bertz CT molecular complexity index is 153. The van der Waals surface area contributed by atoms with E-state index in [9.17, 15) is 8.42 Å². The standard InChI is InChI=1S/C4H11NO3S.H2O/c1-5-3-2-4-9(6,7)8;/h5H,2-4H2,1H3,(H,6,7,8);1H2. The first-order valence-electron chi connectivity index (χ1n) is 2.66. The second-order valence-corrected chi connectivity index (χ2v) is 3.32. The first-order valence-corrected chi connectivity index (χ1v) is 4.27. The van der Waals surface area contributed by atoms with Gasteiger partial charge in [-0.2, -0.15) is 8.42 Å². The number of nitrogens with one attached hydrogen (secondary N) is 1. The Hall–Kier alpha value is -0.170. The van der Waals surface area contributed by atoms with Crippen LogP contribution in [0, 0.1) is 0 Å². The maximum absolute atomic E-state index is 10.0. The van der Waals surface area contributed by atoms with E-state index >= 15 is 0 Å². The van der Waals surface area contributed by atoms with E-state index in [1.807, 2.05) is 0 Å². The highest BCUT2D eigenvalue weighted by atomic mass is 32.2. The highest BCUT2D eigenvalue weighted by Gasteiger charge is 2.01. The van der Waals surface area contributed by atoms with Gasteiger partial charge in [-0.1, -0.05) is 0 Å². The smallest absolute Gasteiger partial charge is 0.264 e. The Kier molecular flexibility index (Phi) is 7.00. The SMILES string of the molecule is CNCCCS(=O)(=O)O.O. The molecule has 0 bridgehead atoms. The summed E-state index contributed by atoms with van der Waals surface area (Å²) in [5, 5.41) is 2.76. The second-order valence-electron chi connectivity index (χ2n) is 1.74. The summed E-state index contributed by atoms with van der Waals surface area (Å²) in [7, 11) is -2.01. The lowest BCUT2D eigenvalue weighted by Gasteiger charge is -1.94. The molecule has 0 aliphatic heterocycles. The first kappa shape index (κ1) is 12.5. The fourth-order valence-electron chi connectivity index (χ4n) is 0.431. The van der Waals surface area contributed by atoms with Crippen molar-refractivity contribution in [1.82, 2.24) is 5.32 Å². The second kappa shape index (κ2) is 5.60. The zero-order valence-electron chi connectivity index (χ0n) is 5.79. The highest BCUT2D eigenvalue weighted by Crippen LogP contribution is 1.84. The molecule has 0 saturated heterocycles. The van der Waals surface area contributed by atoms with Crippen LogP contribution in [0.25, 0.3) is 0 Å². The Labute approximate surface area is 60.5 Å². The fraction of sp³-hybridized carbons (Fsp3) is 1.00. The molecule has 0 aromatic heterocycles. The molecule has 0 aromatic rings. The molecule has 0 spiro atoms. The molecule has 5 nitrogen and oxygen atoms in total. The van der Waals surface area contributed by atoms with E-state index in [-0.39, 0.29) is 11.2 Å². The lowest BCUT2D eigenvalue weighted by molar-refractivity contribution is 0.480. The van der Waals surface area contributed by atoms with Gasteiger partial charge in [0.2, 0.25) is 0 Å². The summed E-state index contributed by atoms with van der Waals surface area (Å²) in [6.07, 6.45) is 0.454. The first-order chi connectivity index (χ1) is 4.06. The van der Waals surface area contributed by atoms with Crippen LogP contribution >= 0.6 is 0 Å². The minimum absolute atomic E-state index is 0. The third kappa shape index (κ3) is 10.7. The third-order valence-corrected chi connectivity index (χ3v) is 1.63. The molecule has 0 atom stereocenters. The topological polar surface area (TPSA) is 97.9 Å². The van der Waals surface area contributed by atoms with Gasteiger partial charge in [0.15, 0.2) is 0 Å². The molecular formula is C4H13NO4S. The number of rotatable bonds is 4. The van der Waals surface area contributed by atoms with E-state index in [0.717, 1.165) is 0 Å². The van der Waals surface area contributed by atoms with Gasteiger partial charge in [0.1, 0.15) is 0 Å². The average molecular weight is 171 g/mol. The highest BCUT2D eigenvalue weighted by molar-refractivity contribution is 7.85. The Morgan fingerprint density at radius 1 is 1.50 bits per heavy atom. The van der Waals surface area contributed by atoms with Crippen molar-refractivity contribution < 1.29 is 18.4 Å². The maximum atomic E-state index is 10.0. The van der Waals surface area contributed by atoms with Crippen molar-refractivity contribution in [1.29, 1.82) is 0 Å². The van der Waals surface area contributed by atoms with E-state index in [1.165, 1.54) is 0 Å². The molecule has 0 aromatic carbocycles. The van der Waals surface area contributed by atoms with Crippen LogP contribution in [-0.2, 0) is 10.1 Å². The summed E-state index contributed by atoms with van der Waals surface area (Å²) in [5.74, 6) is -0.159. The minimum Gasteiger partial charge on any atom is -0.412 e. The molecule has 10 heavy (non-hydrogen) atoms. The van der Waals surface area contributed by atoms with Crippen LogP contribution in [0.4, 0.5) is 0 Å². The van der Waals surface area contributed by atoms with Crippen molar-refractivity contribution in [2.45, 2.75) is 6.42 Å². The van der Waals surface area contributed by atoms with Crippen molar-refractivity contribution in [2.75, 3.05) is 19.3 Å². The molecule has 0 rings (SSSR count). The molecule has 0 aliphatic rings. The van der Waals surface area contributed by atoms with Crippen LogP contribution in [0.15, 0.2) is 0 Å². The lowest BCUT2D eigenvalue weighted by Crippen LogP contribution is -2.13. The maximum Gasteiger partial charge on any atom is 0.264 e. The normalized spacial score (nSPS) is 10.6. The van der Waals surface area contributed by atoms with Crippen LogP contribution in [0.2, 0.25) is 0 Å². The Morgan fingerprint density at radius 3 is 2.30 bits per heavy atom. The van der Waals surface area contributed by atoms with Gasteiger partial charge in [0, 0.05) is 0 Å². The number of hydrogen-bond acceptors (Lipinski definition) is 3. The average Bonchev–Trinajstić information content (AvgIpc) is 1.63. The van der Waals surface area contributed by atoms with Gasteiger partial charge >= 0.3 is 0 Å². The van der Waals surface area contributed by atoms with Crippen molar-refractivity contribution in [3.63, 3.8) is 0 Å². The molecule has 0 fully saturated rings. The van der Waals surface area contributed by atoms with Gasteiger partial charge in [-0.25, -0.2) is 0 Å². The lowest BCUT2D eigenvalue weighted by atomic mass is 10.5. The van der Waals surface area contributed by atoms with E-state index < -0.39 is 10.1 Å². The molecule has 64 valence electrons. The Morgan fingerprint density at radius 2 is 2.00 bits per heavy atom.